The molecule has 0 heterocycles. The van der Waals surface area contributed by atoms with Crippen molar-refractivity contribution in [1.82, 2.24) is 5.32 Å². The molecule has 0 bridgehead atoms. The summed E-state index contributed by atoms with van der Waals surface area (Å²) in [5.74, 6) is 1.09. The van der Waals surface area contributed by atoms with E-state index in [0.29, 0.717) is 28.5 Å². The van der Waals surface area contributed by atoms with Crippen LogP contribution < -0.4 is 14.8 Å². The fourth-order valence-corrected chi connectivity index (χ4v) is 3.95. The predicted molar refractivity (Wildman–Crippen MR) is 132 cm³/mol. The van der Waals surface area contributed by atoms with Crippen molar-refractivity contribution in [2.75, 3.05) is 24.1 Å². The van der Waals surface area contributed by atoms with Crippen LogP contribution in [0.15, 0.2) is 66.7 Å². The Bertz CT molecular complexity index is 1190. The minimum Gasteiger partial charge on any atom is -0.506 e. The fraction of sp³-hybridized carbons (Fsp3) is 0.250. The SMILES string of the molecule is CS(=O)(=O)Nc1cc([C@@H](O)CN[C@H](CO)Cc2ccc(Oc3ccc(Cl)cc3)cc2)ccc1O. The van der Waals surface area contributed by atoms with Crippen LogP contribution in [0.1, 0.15) is 17.2 Å². The number of aromatic hydroxyl groups is 1. The van der Waals surface area contributed by atoms with E-state index in [1.165, 1.54) is 18.2 Å². The number of benzene rings is 3. The molecule has 0 amide bonds. The van der Waals surface area contributed by atoms with E-state index >= 15 is 0 Å². The second-order valence-electron chi connectivity index (χ2n) is 7.86. The van der Waals surface area contributed by atoms with Crippen LogP contribution in [0.25, 0.3) is 0 Å². The molecule has 0 unspecified atom stereocenters. The number of aliphatic hydroxyl groups excluding tert-OH is 2. The highest BCUT2D eigenvalue weighted by Crippen LogP contribution is 2.28. The lowest BCUT2D eigenvalue weighted by molar-refractivity contribution is 0.158. The van der Waals surface area contributed by atoms with E-state index in [2.05, 4.69) is 10.0 Å². The molecule has 0 aliphatic heterocycles. The summed E-state index contributed by atoms with van der Waals surface area (Å²) < 4.78 is 30.9. The number of aliphatic hydroxyl groups is 2. The smallest absolute Gasteiger partial charge is 0.229 e. The lowest BCUT2D eigenvalue weighted by atomic mass is 10.0. The van der Waals surface area contributed by atoms with Crippen LogP contribution in [0, 0.1) is 0 Å². The van der Waals surface area contributed by atoms with Crippen molar-refractivity contribution in [2.24, 2.45) is 0 Å². The molecule has 0 spiro atoms. The van der Waals surface area contributed by atoms with Crippen LogP contribution in [0.2, 0.25) is 5.02 Å². The quantitative estimate of drug-likeness (QED) is 0.252. The van der Waals surface area contributed by atoms with Crippen LogP contribution >= 0.6 is 11.6 Å². The van der Waals surface area contributed by atoms with Gasteiger partial charge >= 0.3 is 0 Å². The summed E-state index contributed by atoms with van der Waals surface area (Å²) in [6.45, 7) is -0.0295. The third kappa shape index (κ3) is 7.89. The van der Waals surface area contributed by atoms with Gasteiger partial charge in [0.05, 0.1) is 24.7 Å². The molecule has 0 radical (unpaired) electrons. The van der Waals surface area contributed by atoms with Crippen LogP contribution in [0.5, 0.6) is 17.2 Å². The monoisotopic (exact) mass is 506 g/mol. The first-order valence-corrected chi connectivity index (χ1v) is 12.8. The molecule has 0 aromatic heterocycles. The van der Waals surface area contributed by atoms with Gasteiger partial charge in [-0.1, -0.05) is 29.8 Å². The van der Waals surface area contributed by atoms with E-state index < -0.39 is 16.1 Å². The highest BCUT2D eigenvalue weighted by molar-refractivity contribution is 7.92. The van der Waals surface area contributed by atoms with Gasteiger partial charge < -0.3 is 25.4 Å². The summed E-state index contributed by atoms with van der Waals surface area (Å²) in [5, 5.41) is 33.9. The molecule has 2 atom stereocenters. The Kier molecular flexibility index (Phi) is 8.76. The molecule has 0 saturated carbocycles. The molecule has 0 fully saturated rings. The van der Waals surface area contributed by atoms with Crippen molar-refractivity contribution in [3.63, 3.8) is 0 Å². The number of hydrogen-bond acceptors (Lipinski definition) is 7. The first-order valence-electron chi connectivity index (χ1n) is 10.5. The number of phenolic OH excluding ortho intramolecular Hbond substituents is 1. The fourth-order valence-electron chi connectivity index (χ4n) is 3.26. The van der Waals surface area contributed by atoms with Crippen molar-refractivity contribution < 1.29 is 28.5 Å². The number of ether oxygens (including phenoxy) is 1. The first-order chi connectivity index (χ1) is 16.1. The van der Waals surface area contributed by atoms with Crippen LogP contribution in [0.3, 0.4) is 0 Å². The second kappa shape index (κ2) is 11.5. The summed E-state index contributed by atoms with van der Waals surface area (Å²) in [4.78, 5) is 0. The highest BCUT2D eigenvalue weighted by atomic mass is 35.5. The summed E-state index contributed by atoms with van der Waals surface area (Å²) in [5.41, 5.74) is 1.37. The van der Waals surface area contributed by atoms with Crippen LogP contribution in [-0.4, -0.2) is 49.2 Å². The maximum atomic E-state index is 11.4. The Balaban J connectivity index is 1.56. The average molecular weight is 507 g/mol. The van der Waals surface area contributed by atoms with E-state index in [9.17, 15) is 23.7 Å². The molecule has 8 nitrogen and oxygen atoms in total. The normalized spacial score (nSPS) is 13.3. The number of rotatable bonds is 11. The minimum atomic E-state index is -3.58. The number of anilines is 1. The second-order valence-corrected chi connectivity index (χ2v) is 10.0. The Morgan fingerprint density at radius 2 is 1.62 bits per heavy atom. The van der Waals surface area contributed by atoms with Gasteiger partial charge in [-0.25, -0.2) is 8.42 Å². The van der Waals surface area contributed by atoms with Crippen molar-refractivity contribution in [3.05, 3.63) is 82.9 Å². The van der Waals surface area contributed by atoms with E-state index in [-0.39, 0.29) is 30.6 Å². The maximum Gasteiger partial charge on any atom is 0.229 e. The molecule has 3 aromatic carbocycles. The van der Waals surface area contributed by atoms with Crippen molar-refractivity contribution >= 4 is 27.3 Å². The molecule has 10 heteroatoms. The van der Waals surface area contributed by atoms with E-state index in [1.54, 1.807) is 24.3 Å². The van der Waals surface area contributed by atoms with Gasteiger partial charge in [-0.3, -0.25) is 4.72 Å². The predicted octanol–water partition coefficient (Wildman–Crippen LogP) is 3.44. The molecule has 3 rings (SSSR count). The number of phenols is 1. The molecular formula is C24H27ClN2O6S. The number of sulfonamides is 1. The molecule has 0 aliphatic rings. The molecule has 0 saturated heterocycles. The lowest BCUT2D eigenvalue weighted by Gasteiger charge is -2.20. The number of halogens is 1. The number of hydrogen-bond donors (Lipinski definition) is 5. The van der Waals surface area contributed by atoms with Gasteiger partial charge in [0, 0.05) is 17.6 Å². The third-order valence-electron chi connectivity index (χ3n) is 4.98. The zero-order valence-corrected chi connectivity index (χ0v) is 20.1. The zero-order valence-electron chi connectivity index (χ0n) is 18.5. The van der Waals surface area contributed by atoms with Gasteiger partial charge in [0.15, 0.2) is 0 Å². The van der Waals surface area contributed by atoms with Gasteiger partial charge in [-0.15, -0.1) is 0 Å². The molecular weight excluding hydrogens is 480 g/mol. The molecule has 5 N–H and O–H groups in total. The Hall–Kier alpha value is -2.82. The van der Waals surface area contributed by atoms with E-state index in [4.69, 9.17) is 16.3 Å². The first kappa shape index (κ1) is 25.8. The maximum absolute atomic E-state index is 11.4. The highest BCUT2D eigenvalue weighted by Gasteiger charge is 2.15. The molecule has 182 valence electrons. The van der Waals surface area contributed by atoms with Crippen molar-refractivity contribution in [1.29, 1.82) is 0 Å². The summed E-state index contributed by atoms with van der Waals surface area (Å²) in [6, 6.07) is 18.4. The topological polar surface area (TPSA) is 128 Å². The van der Waals surface area contributed by atoms with Gasteiger partial charge in [0.25, 0.3) is 0 Å². The number of nitrogens with one attached hydrogen (secondary N) is 2. The molecule has 0 aliphatic carbocycles. The van der Waals surface area contributed by atoms with Gasteiger partial charge in [0.2, 0.25) is 10.0 Å². The molecule has 3 aromatic rings. The van der Waals surface area contributed by atoms with Gasteiger partial charge in [0.1, 0.15) is 17.2 Å². The Morgan fingerprint density at radius 1 is 1.00 bits per heavy atom. The van der Waals surface area contributed by atoms with E-state index in [1.807, 2.05) is 24.3 Å². The largest absolute Gasteiger partial charge is 0.506 e. The third-order valence-corrected chi connectivity index (χ3v) is 5.82. The minimum absolute atomic E-state index is 0.0151. The van der Waals surface area contributed by atoms with Crippen molar-refractivity contribution in [3.8, 4) is 17.2 Å². The van der Waals surface area contributed by atoms with Gasteiger partial charge in [-0.05, 0) is 66.1 Å². The van der Waals surface area contributed by atoms with Crippen LogP contribution in [-0.2, 0) is 16.4 Å². The van der Waals surface area contributed by atoms with Gasteiger partial charge in [-0.2, -0.15) is 0 Å². The molecule has 34 heavy (non-hydrogen) atoms. The van der Waals surface area contributed by atoms with Crippen molar-refractivity contribution in [2.45, 2.75) is 18.6 Å². The Morgan fingerprint density at radius 3 is 2.21 bits per heavy atom. The standard InChI is InChI=1S/C24H27ClN2O6S/c1-34(31,32)27-22-13-17(4-11-23(22)29)24(30)14-26-19(15-28)12-16-2-7-20(8-3-16)33-21-9-5-18(25)6-10-21/h2-11,13,19,24,26-30H,12,14-15H2,1H3/t19-,24-/m0/s1. The average Bonchev–Trinajstić information content (AvgIpc) is 2.79. The Labute approximate surface area is 203 Å². The lowest BCUT2D eigenvalue weighted by Crippen LogP contribution is -2.37. The zero-order chi connectivity index (χ0) is 24.7. The van der Waals surface area contributed by atoms with Crippen LogP contribution in [0.4, 0.5) is 5.69 Å². The summed E-state index contributed by atoms with van der Waals surface area (Å²) in [6.07, 6.45) is 0.505. The van der Waals surface area contributed by atoms with E-state index in [0.717, 1.165) is 11.8 Å². The summed E-state index contributed by atoms with van der Waals surface area (Å²) >= 11 is 5.88. The summed E-state index contributed by atoms with van der Waals surface area (Å²) in [7, 11) is -3.58.